The summed E-state index contributed by atoms with van der Waals surface area (Å²) in [6.07, 6.45) is 5.44. The van der Waals surface area contributed by atoms with Crippen LogP contribution in [0.2, 0.25) is 0 Å². The van der Waals surface area contributed by atoms with Crippen LogP contribution in [0.3, 0.4) is 0 Å². The van der Waals surface area contributed by atoms with Crippen LogP contribution in [-0.4, -0.2) is 20.5 Å². The lowest BCUT2D eigenvalue weighted by molar-refractivity contribution is 0.210. The van der Waals surface area contributed by atoms with Crippen LogP contribution in [0.15, 0.2) is 16.9 Å². The number of aromatic nitrogens is 2. The molecule has 0 radical (unpaired) electrons. The van der Waals surface area contributed by atoms with E-state index in [9.17, 15) is 5.11 Å². The molecule has 0 aliphatic heterocycles. The van der Waals surface area contributed by atoms with Gasteiger partial charge in [0.25, 0.3) is 0 Å². The normalized spacial score (nSPS) is 45.3. The number of rotatable bonds is 1. The van der Waals surface area contributed by atoms with E-state index >= 15 is 0 Å². The first-order chi connectivity index (χ1) is 5.16. The fourth-order valence-electron chi connectivity index (χ4n) is 1.74. The predicted molar refractivity (Wildman–Crippen MR) is 42.1 cm³/mol. The number of fused-ring (bicyclic) bond motifs is 1. The second-order valence-electron chi connectivity index (χ2n) is 3.52. The van der Waals surface area contributed by atoms with E-state index in [2.05, 4.69) is 21.0 Å². The lowest BCUT2D eigenvalue weighted by Crippen LogP contribution is -2.06. The van der Waals surface area contributed by atoms with Gasteiger partial charge >= 0.3 is 0 Å². The zero-order valence-corrected chi connectivity index (χ0v) is 7.37. The molecule has 4 heteroatoms. The lowest BCUT2D eigenvalue weighted by atomic mass is 10.3. The monoisotopic (exact) mass is 214 g/mol. The maximum absolute atomic E-state index is 9.54. The van der Waals surface area contributed by atoms with Crippen molar-refractivity contribution in [2.24, 2.45) is 0 Å². The summed E-state index contributed by atoms with van der Waals surface area (Å²) in [7, 11) is 0. The molecule has 3 nitrogen and oxygen atoms in total. The first-order valence-electron chi connectivity index (χ1n) is 3.59. The Labute approximate surface area is 72.1 Å². The molecule has 0 aromatic carbocycles. The summed E-state index contributed by atoms with van der Waals surface area (Å²) in [6, 6.07) is 0. The van der Waals surface area contributed by atoms with E-state index in [0.717, 1.165) is 17.3 Å². The Morgan fingerprint density at radius 2 is 2.27 bits per heavy atom. The summed E-state index contributed by atoms with van der Waals surface area (Å²) >= 11 is 3.32. The molecule has 0 atom stereocenters. The van der Waals surface area contributed by atoms with E-state index in [4.69, 9.17) is 0 Å². The minimum Gasteiger partial charge on any atom is -0.387 e. The van der Waals surface area contributed by atoms with Crippen molar-refractivity contribution < 1.29 is 5.11 Å². The maximum atomic E-state index is 9.54. The Bertz CT molecular complexity index is 327. The standard InChI is InChI=1S/C7H7BrN2O/c8-5-1-9-10(2-5)6-3-7(6,11)4-6/h1-2,11H,3-4H2. The van der Waals surface area contributed by atoms with Gasteiger partial charge in [-0.1, -0.05) is 0 Å². The quantitative estimate of drug-likeness (QED) is 0.755. The fourth-order valence-corrected chi connectivity index (χ4v) is 2.02. The molecule has 2 aliphatic carbocycles. The fraction of sp³-hybridized carbons (Fsp3) is 0.571. The van der Waals surface area contributed by atoms with Crippen molar-refractivity contribution >= 4 is 15.9 Å². The van der Waals surface area contributed by atoms with Crippen LogP contribution in [0.4, 0.5) is 0 Å². The zero-order valence-electron chi connectivity index (χ0n) is 5.79. The van der Waals surface area contributed by atoms with Gasteiger partial charge in [0.15, 0.2) is 0 Å². The lowest BCUT2D eigenvalue weighted by Gasteiger charge is -1.99. The van der Waals surface area contributed by atoms with Crippen LogP contribution in [0.5, 0.6) is 0 Å². The van der Waals surface area contributed by atoms with Crippen LogP contribution < -0.4 is 0 Å². The van der Waals surface area contributed by atoms with Crippen LogP contribution in [0.25, 0.3) is 0 Å². The summed E-state index contributed by atoms with van der Waals surface area (Å²) in [4.78, 5) is 0. The van der Waals surface area contributed by atoms with Gasteiger partial charge in [-0.05, 0) is 15.9 Å². The number of halogens is 1. The number of nitrogens with zero attached hydrogens (tertiary/aromatic N) is 2. The van der Waals surface area contributed by atoms with Crippen molar-refractivity contribution in [2.45, 2.75) is 24.0 Å². The van der Waals surface area contributed by atoms with Gasteiger partial charge in [0, 0.05) is 19.0 Å². The predicted octanol–water partition coefficient (Wildman–Crippen LogP) is 0.879. The highest BCUT2D eigenvalue weighted by atomic mass is 79.9. The molecule has 2 aliphatic rings. The summed E-state index contributed by atoms with van der Waals surface area (Å²) in [5.41, 5.74) is -0.391. The summed E-state index contributed by atoms with van der Waals surface area (Å²) in [6.45, 7) is 0. The van der Waals surface area contributed by atoms with Gasteiger partial charge in [-0.3, -0.25) is 4.68 Å². The molecule has 1 aromatic rings. The summed E-state index contributed by atoms with van der Waals surface area (Å²) in [5, 5.41) is 13.7. The van der Waals surface area contributed by atoms with Gasteiger partial charge in [0.1, 0.15) is 0 Å². The van der Waals surface area contributed by atoms with Crippen molar-refractivity contribution in [3.05, 3.63) is 16.9 Å². The molecule has 2 fully saturated rings. The average molecular weight is 215 g/mol. The molecule has 0 spiro atoms. The van der Waals surface area contributed by atoms with Crippen LogP contribution >= 0.6 is 15.9 Å². The van der Waals surface area contributed by atoms with Crippen molar-refractivity contribution in [3.8, 4) is 0 Å². The molecule has 1 N–H and O–H groups in total. The van der Waals surface area contributed by atoms with Gasteiger partial charge in [-0.2, -0.15) is 5.10 Å². The molecule has 58 valence electrons. The maximum Gasteiger partial charge on any atom is 0.0972 e. The third-order valence-corrected chi connectivity index (χ3v) is 3.19. The van der Waals surface area contributed by atoms with Gasteiger partial charge in [0.2, 0.25) is 0 Å². The Morgan fingerprint density at radius 3 is 2.64 bits per heavy atom. The van der Waals surface area contributed by atoms with Crippen molar-refractivity contribution in [2.75, 3.05) is 0 Å². The van der Waals surface area contributed by atoms with E-state index in [-0.39, 0.29) is 5.54 Å². The first kappa shape index (κ1) is 6.20. The van der Waals surface area contributed by atoms with E-state index in [0.29, 0.717) is 0 Å². The molecule has 3 rings (SSSR count). The average Bonchev–Trinajstić information content (AvgIpc) is 2.51. The smallest absolute Gasteiger partial charge is 0.0972 e. The minimum absolute atomic E-state index is 0.000972. The molecule has 0 amide bonds. The van der Waals surface area contributed by atoms with Crippen molar-refractivity contribution in [1.82, 2.24) is 9.78 Å². The summed E-state index contributed by atoms with van der Waals surface area (Å²) in [5.74, 6) is 0. The molecule has 11 heavy (non-hydrogen) atoms. The zero-order chi connectivity index (χ0) is 7.69. The Kier molecular flexibility index (Phi) is 0.793. The van der Waals surface area contributed by atoms with Gasteiger partial charge in [-0.15, -0.1) is 0 Å². The molecule has 1 heterocycles. The third-order valence-electron chi connectivity index (χ3n) is 2.78. The number of aliphatic hydroxyl groups is 1. The summed E-state index contributed by atoms with van der Waals surface area (Å²) < 4.78 is 2.85. The topological polar surface area (TPSA) is 38.0 Å². The Hall–Kier alpha value is -0.350. The van der Waals surface area contributed by atoms with Gasteiger partial charge in [-0.25, -0.2) is 0 Å². The first-order valence-corrected chi connectivity index (χ1v) is 4.39. The second-order valence-corrected chi connectivity index (χ2v) is 4.44. The van der Waals surface area contributed by atoms with E-state index in [1.54, 1.807) is 6.20 Å². The van der Waals surface area contributed by atoms with Crippen molar-refractivity contribution in [1.29, 1.82) is 0 Å². The molecule has 0 bridgehead atoms. The molecule has 1 aromatic heterocycles. The highest BCUT2D eigenvalue weighted by Crippen LogP contribution is 2.75. The van der Waals surface area contributed by atoms with Crippen LogP contribution in [0.1, 0.15) is 12.8 Å². The van der Waals surface area contributed by atoms with Gasteiger partial charge < -0.3 is 5.11 Å². The third kappa shape index (κ3) is 0.564. The Morgan fingerprint density at radius 1 is 1.64 bits per heavy atom. The second kappa shape index (κ2) is 1.41. The molecular weight excluding hydrogens is 208 g/mol. The SMILES string of the molecule is OC12CC1(n1cc(Br)cn1)C2. The molecule has 0 unspecified atom stereocenters. The molecule has 2 saturated carbocycles. The minimum atomic E-state index is -0.390. The number of hydrogen-bond acceptors (Lipinski definition) is 2. The van der Waals surface area contributed by atoms with Crippen LogP contribution in [-0.2, 0) is 5.54 Å². The van der Waals surface area contributed by atoms with Crippen LogP contribution in [0, 0.1) is 0 Å². The van der Waals surface area contributed by atoms with E-state index < -0.39 is 5.60 Å². The highest BCUT2D eigenvalue weighted by Gasteiger charge is 2.85. The van der Waals surface area contributed by atoms with Gasteiger partial charge in [0.05, 0.1) is 21.8 Å². The number of hydrogen-bond donors (Lipinski definition) is 1. The molecule has 0 saturated heterocycles. The van der Waals surface area contributed by atoms with Crippen molar-refractivity contribution in [3.63, 3.8) is 0 Å². The molecular formula is C7H7BrN2O. The highest BCUT2D eigenvalue weighted by molar-refractivity contribution is 9.10. The largest absolute Gasteiger partial charge is 0.387 e. The van der Waals surface area contributed by atoms with E-state index in [1.165, 1.54) is 0 Å². The van der Waals surface area contributed by atoms with E-state index in [1.807, 2.05) is 10.9 Å². The Balaban J connectivity index is 2.03.